The summed E-state index contributed by atoms with van der Waals surface area (Å²) >= 11 is 0. The van der Waals surface area contributed by atoms with Crippen molar-refractivity contribution in [2.75, 3.05) is 20.2 Å². The number of carboxylic acid groups (broad SMARTS) is 1. The lowest BCUT2D eigenvalue weighted by molar-refractivity contribution is -0.144. The molecule has 0 aromatic heterocycles. The first-order valence-corrected chi connectivity index (χ1v) is 13.7. The van der Waals surface area contributed by atoms with Gasteiger partial charge in [-0.05, 0) is 71.7 Å². The van der Waals surface area contributed by atoms with Gasteiger partial charge in [0.05, 0.1) is 7.11 Å². The zero-order valence-corrected chi connectivity index (χ0v) is 23.4. The molecule has 0 saturated heterocycles. The molecule has 3 aromatic rings. The van der Waals surface area contributed by atoms with E-state index in [1.54, 1.807) is 7.11 Å². The SMILES string of the molecule is COc1ccc(CCN(CC(=O)O)C(=O)CCc2ccc3c(c2)CC(C)(Cc2ccc(C(C)C)cc2)O3)cc1. The van der Waals surface area contributed by atoms with E-state index >= 15 is 0 Å². The van der Waals surface area contributed by atoms with E-state index < -0.39 is 5.97 Å². The van der Waals surface area contributed by atoms with Crippen molar-refractivity contribution in [1.82, 2.24) is 4.90 Å². The summed E-state index contributed by atoms with van der Waals surface area (Å²) in [5.74, 6) is 1.01. The van der Waals surface area contributed by atoms with Crippen LogP contribution in [0, 0.1) is 0 Å². The van der Waals surface area contributed by atoms with Gasteiger partial charge < -0.3 is 19.5 Å². The van der Waals surface area contributed by atoms with Crippen molar-refractivity contribution >= 4 is 11.9 Å². The lowest BCUT2D eigenvalue weighted by Crippen LogP contribution is -2.37. The molecule has 0 fully saturated rings. The van der Waals surface area contributed by atoms with Crippen LogP contribution >= 0.6 is 0 Å². The topological polar surface area (TPSA) is 76.1 Å². The molecule has 1 atom stereocenters. The number of benzene rings is 3. The minimum absolute atomic E-state index is 0.155. The molecular weight excluding hydrogens is 490 g/mol. The number of ether oxygens (including phenoxy) is 2. The zero-order chi connectivity index (χ0) is 28.0. The molecule has 1 aliphatic heterocycles. The van der Waals surface area contributed by atoms with Crippen molar-refractivity contribution in [3.8, 4) is 11.5 Å². The molecule has 4 rings (SSSR count). The van der Waals surface area contributed by atoms with Crippen LogP contribution in [-0.4, -0.2) is 47.7 Å². The Morgan fingerprint density at radius 3 is 2.28 bits per heavy atom. The molecule has 3 aromatic carbocycles. The van der Waals surface area contributed by atoms with E-state index in [4.69, 9.17) is 9.47 Å². The number of carbonyl (C=O) groups excluding carboxylic acids is 1. The molecule has 1 N–H and O–H groups in total. The molecule has 0 bridgehead atoms. The van der Waals surface area contributed by atoms with Gasteiger partial charge in [0.25, 0.3) is 0 Å². The third kappa shape index (κ3) is 7.62. The fraction of sp³-hybridized carbons (Fsp3) is 0.394. The second-order valence-electron chi connectivity index (χ2n) is 11.1. The highest BCUT2D eigenvalue weighted by Crippen LogP contribution is 2.37. The first kappa shape index (κ1) is 28.2. The Bertz CT molecular complexity index is 1280. The molecule has 1 aliphatic rings. The summed E-state index contributed by atoms with van der Waals surface area (Å²) in [6, 6.07) is 22.5. The number of aryl methyl sites for hydroxylation is 1. The molecule has 1 heterocycles. The summed E-state index contributed by atoms with van der Waals surface area (Å²) in [5.41, 5.74) is 5.52. The number of hydrogen-bond donors (Lipinski definition) is 1. The first-order chi connectivity index (χ1) is 18.6. The van der Waals surface area contributed by atoms with Crippen LogP contribution in [0.1, 0.15) is 60.9 Å². The number of fused-ring (bicyclic) bond motifs is 1. The number of carbonyl (C=O) groups is 2. The lowest BCUT2D eigenvalue weighted by atomic mass is 9.90. The van der Waals surface area contributed by atoms with Crippen LogP contribution in [0.25, 0.3) is 0 Å². The summed E-state index contributed by atoms with van der Waals surface area (Å²) in [4.78, 5) is 25.9. The average Bonchev–Trinajstić information content (AvgIpc) is 3.24. The number of rotatable bonds is 12. The Morgan fingerprint density at radius 2 is 1.64 bits per heavy atom. The van der Waals surface area contributed by atoms with Gasteiger partial charge in [0.1, 0.15) is 23.6 Å². The van der Waals surface area contributed by atoms with Crippen molar-refractivity contribution in [2.24, 2.45) is 0 Å². The van der Waals surface area contributed by atoms with Gasteiger partial charge in [-0.1, -0.05) is 62.4 Å². The molecule has 206 valence electrons. The first-order valence-electron chi connectivity index (χ1n) is 13.7. The van der Waals surface area contributed by atoms with Crippen LogP contribution in [0.2, 0.25) is 0 Å². The molecule has 1 amide bonds. The second-order valence-corrected chi connectivity index (χ2v) is 11.1. The number of hydrogen-bond acceptors (Lipinski definition) is 4. The van der Waals surface area contributed by atoms with Crippen molar-refractivity contribution in [2.45, 2.75) is 64.4 Å². The monoisotopic (exact) mass is 529 g/mol. The normalized spacial score (nSPS) is 16.0. The van der Waals surface area contributed by atoms with Gasteiger partial charge in [-0.25, -0.2) is 0 Å². The van der Waals surface area contributed by atoms with E-state index in [2.05, 4.69) is 51.1 Å². The van der Waals surface area contributed by atoms with Gasteiger partial charge in [0.15, 0.2) is 0 Å². The third-order valence-corrected chi connectivity index (χ3v) is 7.41. The van der Waals surface area contributed by atoms with Crippen LogP contribution in [-0.2, 0) is 35.3 Å². The fourth-order valence-electron chi connectivity index (χ4n) is 5.20. The number of methoxy groups -OCH3 is 1. The van der Waals surface area contributed by atoms with Crippen molar-refractivity contribution < 1.29 is 24.2 Å². The van der Waals surface area contributed by atoms with E-state index in [1.165, 1.54) is 16.0 Å². The summed E-state index contributed by atoms with van der Waals surface area (Å²) in [7, 11) is 1.61. The van der Waals surface area contributed by atoms with Gasteiger partial charge >= 0.3 is 5.97 Å². The predicted molar refractivity (Wildman–Crippen MR) is 153 cm³/mol. The van der Waals surface area contributed by atoms with Gasteiger partial charge in [-0.2, -0.15) is 0 Å². The second kappa shape index (κ2) is 12.4. The van der Waals surface area contributed by atoms with Crippen molar-refractivity contribution in [3.05, 3.63) is 94.5 Å². The Kier molecular flexibility index (Phi) is 8.95. The predicted octanol–water partition coefficient (Wildman–Crippen LogP) is 5.84. The lowest BCUT2D eigenvalue weighted by Gasteiger charge is -2.24. The number of aliphatic carboxylic acids is 1. The largest absolute Gasteiger partial charge is 0.497 e. The standard InChI is InChI=1S/C33H39NO5/c1-23(2)27-11-5-26(6-12-27)20-33(3)21-28-19-25(9-15-30(28)39-33)10-16-31(35)34(22-32(36)37)18-17-24-7-13-29(38-4)14-8-24/h5-9,11-15,19,23H,10,16-18,20-22H2,1-4H3,(H,36,37). The maximum Gasteiger partial charge on any atom is 0.323 e. The molecule has 0 aliphatic carbocycles. The smallest absolute Gasteiger partial charge is 0.323 e. The van der Waals surface area contributed by atoms with Crippen LogP contribution < -0.4 is 9.47 Å². The quantitative estimate of drug-likeness (QED) is 0.319. The number of amides is 1. The Hall–Kier alpha value is -3.80. The highest BCUT2D eigenvalue weighted by molar-refractivity contribution is 5.81. The summed E-state index contributed by atoms with van der Waals surface area (Å²) in [6.07, 6.45) is 3.03. The van der Waals surface area contributed by atoms with Gasteiger partial charge in [-0.3, -0.25) is 9.59 Å². The van der Waals surface area contributed by atoms with Gasteiger partial charge in [0.2, 0.25) is 5.91 Å². The molecule has 0 saturated carbocycles. The highest BCUT2D eigenvalue weighted by atomic mass is 16.5. The van der Waals surface area contributed by atoms with Gasteiger partial charge in [-0.15, -0.1) is 0 Å². The van der Waals surface area contributed by atoms with E-state index in [0.29, 0.717) is 25.3 Å². The molecule has 39 heavy (non-hydrogen) atoms. The zero-order valence-electron chi connectivity index (χ0n) is 23.4. The van der Waals surface area contributed by atoms with Crippen molar-refractivity contribution in [1.29, 1.82) is 0 Å². The van der Waals surface area contributed by atoms with Crippen LogP contribution in [0.15, 0.2) is 66.7 Å². The fourth-order valence-corrected chi connectivity index (χ4v) is 5.20. The van der Waals surface area contributed by atoms with E-state index in [1.807, 2.05) is 36.4 Å². The van der Waals surface area contributed by atoms with Crippen molar-refractivity contribution in [3.63, 3.8) is 0 Å². The minimum atomic E-state index is -1.01. The minimum Gasteiger partial charge on any atom is -0.497 e. The summed E-state index contributed by atoms with van der Waals surface area (Å²) in [5, 5.41) is 9.36. The molecule has 1 unspecified atom stereocenters. The number of nitrogens with zero attached hydrogens (tertiary/aromatic N) is 1. The van der Waals surface area contributed by atoms with Crippen LogP contribution in [0.4, 0.5) is 0 Å². The van der Waals surface area contributed by atoms with E-state index in [-0.39, 0.29) is 24.5 Å². The maximum absolute atomic E-state index is 13.0. The Balaban J connectivity index is 1.34. The molecular formula is C33H39NO5. The van der Waals surface area contributed by atoms with E-state index in [9.17, 15) is 14.7 Å². The molecule has 6 nitrogen and oxygen atoms in total. The third-order valence-electron chi connectivity index (χ3n) is 7.41. The Labute approximate surface area is 231 Å². The highest BCUT2D eigenvalue weighted by Gasteiger charge is 2.35. The van der Waals surface area contributed by atoms with E-state index in [0.717, 1.165) is 41.0 Å². The number of carboxylic acids is 1. The average molecular weight is 530 g/mol. The molecule has 0 radical (unpaired) electrons. The van der Waals surface area contributed by atoms with Crippen LogP contribution in [0.3, 0.4) is 0 Å². The Morgan fingerprint density at radius 1 is 0.974 bits per heavy atom. The van der Waals surface area contributed by atoms with Gasteiger partial charge in [0, 0.05) is 25.8 Å². The summed E-state index contributed by atoms with van der Waals surface area (Å²) in [6.45, 7) is 6.60. The molecule has 0 spiro atoms. The maximum atomic E-state index is 13.0. The summed E-state index contributed by atoms with van der Waals surface area (Å²) < 4.78 is 11.6. The molecule has 6 heteroatoms. The van der Waals surface area contributed by atoms with Crippen LogP contribution in [0.5, 0.6) is 11.5 Å².